The number of alkyl halides is 3. The molecule has 0 bridgehead atoms. The third-order valence-electron chi connectivity index (χ3n) is 3.25. The number of rotatable bonds is 4. The second-order valence-electron chi connectivity index (χ2n) is 4.47. The van der Waals surface area contributed by atoms with E-state index >= 15 is 0 Å². The average molecular weight is 259 g/mol. The van der Waals surface area contributed by atoms with Crippen molar-refractivity contribution in [2.45, 2.75) is 31.5 Å². The molecule has 1 aliphatic rings. The lowest BCUT2D eigenvalue weighted by molar-refractivity contribution is -0.137. The monoisotopic (exact) mass is 259 g/mol. The van der Waals surface area contributed by atoms with Crippen LogP contribution in [0.1, 0.15) is 24.8 Å². The quantitative estimate of drug-likeness (QED) is 0.903. The molecular formula is C12H16F3N3. The molecule has 0 aliphatic heterocycles. The SMILES string of the molecule is NCCN(c1cc(C(F)(F)F)ccn1)C1CCC1. The Morgan fingerprint density at radius 2 is 2.11 bits per heavy atom. The molecule has 0 spiro atoms. The van der Waals surface area contributed by atoms with E-state index in [2.05, 4.69) is 4.98 Å². The van der Waals surface area contributed by atoms with Gasteiger partial charge >= 0.3 is 6.18 Å². The van der Waals surface area contributed by atoms with Crippen molar-refractivity contribution in [2.75, 3.05) is 18.0 Å². The van der Waals surface area contributed by atoms with Gasteiger partial charge in [-0.05, 0) is 31.4 Å². The van der Waals surface area contributed by atoms with Crippen LogP contribution in [0.25, 0.3) is 0 Å². The topological polar surface area (TPSA) is 42.1 Å². The molecule has 0 atom stereocenters. The number of pyridine rings is 1. The summed E-state index contributed by atoms with van der Waals surface area (Å²) in [5, 5.41) is 0. The van der Waals surface area contributed by atoms with Crippen LogP contribution in [0.4, 0.5) is 19.0 Å². The van der Waals surface area contributed by atoms with E-state index in [0.29, 0.717) is 18.9 Å². The number of hydrogen-bond acceptors (Lipinski definition) is 3. The molecule has 2 N–H and O–H groups in total. The van der Waals surface area contributed by atoms with Crippen molar-refractivity contribution in [1.82, 2.24) is 4.98 Å². The molecule has 2 rings (SSSR count). The van der Waals surface area contributed by atoms with Crippen LogP contribution in [0.5, 0.6) is 0 Å². The molecule has 1 heterocycles. The number of hydrogen-bond donors (Lipinski definition) is 1. The molecule has 6 heteroatoms. The van der Waals surface area contributed by atoms with Gasteiger partial charge in [-0.25, -0.2) is 4.98 Å². The van der Waals surface area contributed by atoms with Gasteiger partial charge in [0, 0.05) is 25.3 Å². The smallest absolute Gasteiger partial charge is 0.352 e. The molecule has 1 aromatic rings. The van der Waals surface area contributed by atoms with Crippen LogP contribution in [-0.2, 0) is 6.18 Å². The van der Waals surface area contributed by atoms with Crippen molar-refractivity contribution in [1.29, 1.82) is 0 Å². The number of aromatic nitrogens is 1. The molecular weight excluding hydrogens is 243 g/mol. The van der Waals surface area contributed by atoms with Crippen LogP contribution in [0, 0.1) is 0 Å². The Kier molecular flexibility index (Phi) is 3.75. The van der Waals surface area contributed by atoms with Gasteiger partial charge in [0.25, 0.3) is 0 Å². The molecule has 0 unspecified atom stereocenters. The summed E-state index contributed by atoms with van der Waals surface area (Å²) in [7, 11) is 0. The van der Waals surface area contributed by atoms with E-state index in [-0.39, 0.29) is 6.04 Å². The molecule has 1 fully saturated rings. The minimum absolute atomic E-state index is 0.282. The highest BCUT2D eigenvalue weighted by molar-refractivity contribution is 5.43. The maximum atomic E-state index is 12.6. The third kappa shape index (κ3) is 2.75. The Labute approximate surface area is 104 Å². The first-order valence-electron chi connectivity index (χ1n) is 6.02. The number of anilines is 1. The van der Waals surface area contributed by atoms with Gasteiger partial charge in [-0.1, -0.05) is 0 Å². The van der Waals surface area contributed by atoms with Gasteiger partial charge in [0.1, 0.15) is 5.82 Å². The lowest BCUT2D eigenvalue weighted by Crippen LogP contribution is -2.43. The third-order valence-corrected chi connectivity index (χ3v) is 3.25. The molecule has 0 amide bonds. The maximum absolute atomic E-state index is 12.6. The number of nitrogens with zero attached hydrogens (tertiary/aromatic N) is 2. The average Bonchev–Trinajstić information content (AvgIpc) is 2.25. The first kappa shape index (κ1) is 13.1. The predicted octanol–water partition coefficient (Wildman–Crippen LogP) is 2.42. The minimum atomic E-state index is -4.33. The fraction of sp³-hybridized carbons (Fsp3) is 0.583. The van der Waals surface area contributed by atoms with E-state index in [4.69, 9.17) is 5.73 Å². The summed E-state index contributed by atoms with van der Waals surface area (Å²) in [4.78, 5) is 5.93. The molecule has 0 saturated heterocycles. The van der Waals surface area contributed by atoms with Gasteiger partial charge in [0.2, 0.25) is 0 Å². The predicted molar refractivity (Wildman–Crippen MR) is 63.3 cm³/mol. The summed E-state index contributed by atoms with van der Waals surface area (Å²) in [6.07, 6.45) is -0.00736. The zero-order valence-electron chi connectivity index (χ0n) is 9.95. The molecule has 1 aliphatic carbocycles. The van der Waals surface area contributed by atoms with Gasteiger partial charge in [-0.15, -0.1) is 0 Å². The zero-order chi connectivity index (χ0) is 13.2. The van der Waals surface area contributed by atoms with Crippen LogP contribution < -0.4 is 10.6 Å². The molecule has 1 aromatic heterocycles. The summed E-state index contributed by atoms with van der Waals surface area (Å²) in [6, 6.07) is 2.38. The first-order chi connectivity index (χ1) is 8.52. The minimum Gasteiger partial charge on any atom is -0.352 e. The van der Waals surface area contributed by atoms with E-state index in [0.717, 1.165) is 31.4 Å². The normalized spacial score (nSPS) is 16.4. The van der Waals surface area contributed by atoms with E-state index in [1.807, 2.05) is 4.90 Å². The number of halogens is 3. The van der Waals surface area contributed by atoms with Gasteiger partial charge in [0.15, 0.2) is 0 Å². The lowest BCUT2D eigenvalue weighted by Gasteiger charge is -2.38. The summed E-state index contributed by atoms with van der Waals surface area (Å²) >= 11 is 0. The zero-order valence-corrected chi connectivity index (χ0v) is 9.95. The summed E-state index contributed by atoms with van der Waals surface area (Å²) < 4.78 is 37.9. The van der Waals surface area contributed by atoms with Crippen LogP contribution in [0.2, 0.25) is 0 Å². The first-order valence-corrected chi connectivity index (χ1v) is 6.02. The lowest BCUT2D eigenvalue weighted by atomic mass is 9.91. The van der Waals surface area contributed by atoms with Crippen LogP contribution in [-0.4, -0.2) is 24.1 Å². The Hall–Kier alpha value is -1.30. The van der Waals surface area contributed by atoms with Gasteiger partial charge in [0.05, 0.1) is 5.56 Å². The van der Waals surface area contributed by atoms with Gasteiger partial charge < -0.3 is 10.6 Å². The standard InChI is InChI=1S/C12H16F3N3/c13-12(14,15)9-4-6-17-11(8-9)18(7-5-16)10-2-1-3-10/h4,6,8,10H,1-3,5,7,16H2. The van der Waals surface area contributed by atoms with Crippen molar-refractivity contribution in [2.24, 2.45) is 5.73 Å². The Balaban J connectivity index is 2.24. The fourth-order valence-electron chi connectivity index (χ4n) is 2.07. The largest absolute Gasteiger partial charge is 0.416 e. The van der Waals surface area contributed by atoms with Gasteiger partial charge in [-0.2, -0.15) is 13.2 Å². The second kappa shape index (κ2) is 5.14. The highest BCUT2D eigenvalue weighted by Gasteiger charge is 2.32. The summed E-state index contributed by atoms with van der Waals surface area (Å²) in [6.45, 7) is 0.952. The Bertz CT molecular complexity index is 402. The van der Waals surface area contributed by atoms with Crippen molar-refractivity contribution < 1.29 is 13.2 Å². The van der Waals surface area contributed by atoms with Gasteiger partial charge in [-0.3, -0.25) is 0 Å². The summed E-state index contributed by atoms with van der Waals surface area (Å²) in [5.74, 6) is 0.375. The fourth-order valence-corrected chi connectivity index (χ4v) is 2.07. The molecule has 3 nitrogen and oxygen atoms in total. The van der Waals surface area contributed by atoms with E-state index in [1.54, 1.807) is 0 Å². The maximum Gasteiger partial charge on any atom is 0.416 e. The van der Waals surface area contributed by atoms with E-state index in [1.165, 1.54) is 6.20 Å². The Morgan fingerprint density at radius 3 is 2.61 bits per heavy atom. The van der Waals surface area contributed by atoms with Crippen molar-refractivity contribution in [3.05, 3.63) is 23.9 Å². The van der Waals surface area contributed by atoms with Crippen LogP contribution in [0.3, 0.4) is 0 Å². The van der Waals surface area contributed by atoms with Crippen LogP contribution in [0.15, 0.2) is 18.3 Å². The summed E-state index contributed by atoms with van der Waals surface area (Å²) in [5.41, 5.74) is 4.86. The molecule has 0 radical (unpaired) electrons. The van der Waals surface area contributed by atoms with Crippen molar-refractivity contribution in [3.63, 3.8) is 0 Å². The highest BCUT2D eigenvalue weighted by atomic mass is 19.4. The van der Waals surface area contributed by atoms with Crippen molar-refractivity contribution in [3.8, 4) is 0 Å². The van der Waals surface area contributed by atoms with E-state index < -0.39 is 11.7 Å². The molecule has 100 valence electrons. The van der Waals surface area contributed by atoms with E-state index in [9.17, 15) is 13.2 Å². The number of nitrogens with two attached hydrogens (primary N) is 1. The highest BCUT2D eigenvalue weighted by Crippen LogP contribution is 2.33. The van der Waals surface area contributed by atoms with Crippen LogP contribution >= 0.6 is 0 Å². The van der Waals surface area contributed by atoms with Crippen molar-refractivity contribution >= 4 is 5.82 Å². The molecule has 18 heavy (non-hydrogen) atoms. The molecule has 1 saturated carbocycles. The molecule has 0 aromatic carbocycles. The Morgan fingerprint density at radius 1 is 1.39 bits per heavy atom. The second-order valence-corrected chi connectivity index (χ2v) is 4.47.